The monoisotopic (exact) mass is 617 g/mol. The zero-order chi connectivity index (χ0) is 30.2. The number of hydrogen-bond donors (Lipinski definition) is 3. The highest BCUT2D eigenvalue weighted by Gasteiger charge is 2.33. The molecule has 2 aromatic carbocycles. The van der Waals surface area contributed by atoms with Gasteiger partial charge in [-0.2, -0.15) is 13.2 Å². The second-order valence-electron chi connectivity index (χ2n) is 10.6. The fourth-order valence-electron chi connectivity index (χ4n) is 4.70. The Kier molecular flexibility index (Phi) is 11.6. The summed E-state index contributed by atoms with van der Waals surface area (Å²) in [4.78, 5) is 27.9. The van der Waals surface area contributed by atoms with Crippen molar-refractivity contribution in [1.82, 2.24) is 14.9 Å². The highest BCUT2D eigenvalue weighted by Crippen LogP contribution is 2.30. The van der Waals surface area contributed by atoms with Gasteiger partial charge in [0.2, 0.25) is 15.9 Å². The Hall–Kier alpha value is -2.67. The van der Waals surface area contributed by atoms with E-state index < -0.39 is 45.9 Å². The van der Waals surface area contributed by atoms with E-state index in [0.717, 1.165) is 29.8 Å². The van der Waals surface area contributed by atoms with Crippen LogP contribution in [-0.2, 0) is 30.5 Å². The number of esters is 1. The predicted molar refractivity (Wildman–Crippen MR) is 148 cm³/mol. The zero-order valence-corrected chi connectivity index (χ0v) is 24.4. The highest BCUT2D eigenvalue weighted by molar-refractivity contribution is 7.89. The molecule has 0 aliphatic heterocycles. The number of benzene rings is 2. The Morgan fingerprint density at radius 2 is 1.61 bits per heavy atom. The van der Waals surface area contributed by atoms with Crippen LogP contribution in [0.5, 0.6) is 0 Å². The van der Waals surface area contributed by atoms with Crippen LogP contribution in [0.15, 0.2) is 59.5 Å². The van der Waals surface area contributed by atoms with Crippen molar-refractivity contribution in [3.63, 3.8) is 0 Å². The lowest BCUT2D eigenvalue weighted by Gasteiger charge is -2.30. The molecule has 0 aromatic heterocycles. The molecule has 0 radical (unpaired) electrons. The SMILES string of the molecule is CC(C)C[C@H](NCl)C(=O)OC[C@@H](NC(=O)C1CCC(NS(=O)(=O)c2ccc(C(F)(F)F)cc2)CC1)c1ccccc1. The van der Waals surface area contributed by atoms with E-state index in [1.54, 1.807) is 0 Å². The Balaban J connectivity index is 1.57. The number of carbonyl (C=O) groups excluding carboxylic acids is 2. The van der Waals surface area contributed by atoms with Gasteiger partial charge in [-0.3, -0.25) is 9.59 Å². The molecular weight excluding hydrogens is 583 g/mol. The summed E-state index contributed by atoms with van der Waals surface area (Å²) in [6, 6.07) is 10.6. The van der Waals surface area contributed by atoms with Gasteiger partial charge in [-0.25, -0.2) is 18.0 Å². The number of rotatable bonds is 12. The van der Waals surface area contributed by atoms with E-state index in [0.29, 0.717) is 32.1 Å². The molecule has 0 unspecified atom stereocenters. The maximum absolute atomic E-state index is 13.2. The summed E-state index contributed by atoms with van der Waals surface area (Å²) in [7, 11) is -4.03. The standard InChI is InChI=1S/C28H35ClF3N3O5S/c1-18(2)16-24(34-29)27(37)40-17-25(19-6-4-3-5-7-19)33-26(36)20-8-12-22(13-9-20)35-41(38,39)23-14-10-21(11-15-23)28(30,31)32/h3-7,10-11,14-15,18,20,22,24-25,34-35H,8-9,12-13,16-17H2,1-2H3,(H,33,36)/t20?,22?,24-,25+/m0/s1. The first-order chi connectivity index (χ1) is 19.3. The molecular formula is C28H35ClF3N3O5S. The molecule has 1 aliphatic carbocycles. The lowest BCUT2D eigenvalue weighted by molar-refractivity contribution is -0.147. The Labute approximate surface area is 243 Å². The number of hydrogen-bond acceptors (Lipinski definition) is 6. The van der Waals surface area contributed by atoms with E-state index in [1.165, 1.54) is 0 Å². The van der Waals surface area contributed by atoms with Crippen molar-refractivity contribution >= 4 is 33.7 Å². The van der Waals surface area contributed by atoms with E-state index in [-0.39, 0.29) is 29.2 Å². The smallest absolute Gasteiger partial charge is 0.416 e. The van der Waals surface area contributed by atoms with Gasteiger partial charge < -0.3 is 10.1 Å². The first-order valence-corrected chi connectivity index (χ1v) is 15.2. The van der Waals surface area contributed by atoms with Crippen molar-refractivity contribution in [2.24, 2.45) is 11.8 Å². The predicted octanol–water partition coefficient (Wildman–Crippen LogP) is 5.10. The number of nitrogens with one attached hydrogen (secondary N) is 3. The lowest BCUT2D eigenvalue weighted by atomic mass is 9.85. The van der Waals surface area contributed by atoms with E-state index >= 15 is 0 Å². The van der Waals surface area contributed by atoms with Crippen LogP contribution in [0.25, 0.3) is 0 Å². The first kappa shape index (κ1) is 32.8. The number of halogens is 4. The van der Waals surface area contributed by atoms with Gasteiger partial charge in [0.05, 0.1) is 16.5 Å². The van der Waals surface area contributed by atoms with Crippen molar-refractivity contribution in [1.29, 1.82) is 0 Å². The third kappa shape index (κ3) is 9.69. The Morgan fingerprint density at radius 1 is 1.00 bits per heavy atom. The van der Waals surface area contributed by atoms with Crippen LogP contribution < -0.4 is 14.9 Å². The van der Waals surface area contributed by atoms with Crippen LogP contribution >= 0.6 is 11.8 Å². The zero-order valence-electron chi connectivity index (χ0n) is 22.8. The summed E-state index contributed by atoms with van der Waals surface area (Å²) in [5.41, 5.74) is -0.177. The maximum atomic E-state index is 13.2. The molecule has 8 nitrogen and oxygen atoms in total. The summed E-state index contributed by atoms with van der Waals surface area (Å²) in [5.74, 6) is -0.947. The minimum Gasteiger partial charge on any atom is -0.462 e. The fourth-order valence-corrected chi connectivity index (χ4v) is 6.19. The fraction of sp³-hybridized carbons (Fsp3) is 0.500. The van der Waals surface area contributed by atoms with Crippen LogP contribution in [0.4, 0.5) is 13.2 Å². The van der Waals surface area contributed by atoms with Gasteiger partial charge in [-0.1, -0.05) is 44.2 Å². The van der Waals surface area contributed by atoms with Crippen molar-refractivity contribution in [3.05, 3.63) is 65.7 Å². The summed E-state index contributed by atoms with van der Waals surface area (Å²) < 4.78 is 71.9. The van der Waals surface area contributed by atoms with Crippen LogP contribution in [0.2, 0.25) is 0 Å². The van der Waals surface area contributed by atoms with Gasteiger partial charge in [0, 0.05) is 12.0 Å². The van der Waals surface area contributed by atoms with Gasteiger partial charge in [0.25, 0.3) is 0 Å². The van der Waals surface area contributed by atoms with Gasteiger partial charge in [0.1, 0.15) is 12.6 Å². The molecule has 1 fully saturated rings. The minimum absolute atomic E-state index is 0.0932. The van der Waals surface area contributed by atoms with Crippen LogP contribution in [0.3, 0.4) is 0 Å². The largest absolute Gasteiger partial charge is 0.462 e. The molecule has 3 N–H and O–H groups in total. The minimum atomic E-state index is -4.56. The van der Waals surface area contributed by atoms with E-state index in [4.69, 9.17) is 16.5 Å². The average molecular weight is 618 g/mol. The van der Waals surface area contributed by atoms with Crippen LogP contribution in [-0.4, -0.2) is 39.0 Å². The summed E-state index contributed by atoms with van der Waals surface area (Å²) in [6.45, 7) is 3.82. The second-order valence-corrected chi connectivity index (χ2v) is 12.5. The number of sulfonamides is 1. The average Bonchev–Trinajstić information content (AvgIpc) is 2.93. The molecule has 226 valence electrons. The summed E-state index contributed by atoms with van der Waals surface area (Å²) in [6.07, 6.45) is -2.52. The normalized spacial score (nSPS) is 19.4. The van der Waals surface area contributed by atoms with Gasteiger partial charge in [-0.05, 0) is 79.6 Å². The summed E-state index contributed by atoms with van der Waals surface area (Å²) >= 11 is 5.73. The van der Waals surface area contributed by atoms with Crippen molar-refractivity contribution < 1.29 is 35.9 Å². The van der Waals surface area contributed by atoms with E-state index in [1.807, 2.05) is 44.2 Å². The molecule has 1 saturated carbocycles. The number of ether oxygens (including phenoxy) is 1. The van der Waals surface area contributed by atoms with Gasteiger partial charge in [-0.15, -0.1) is 0 Å². The lowest BCUT2D eigenvalue weighted by Crippen LogP contribution is -2.42. The number of amides is 1. The van der Waals surface area contributed by atoms with Gasteiger partial charge in [0.15, 0.2) is 0 Å². The molecule has 3 rings (SSSR count). The molecule has 0 spiro atoms. The topological polar surface area (TPSA) is 114 Å². The molecule has 2 atom stereocenters. The highest BCUT2D eigenvalue weighted by atomic mass is 35.5. The van der Waals surface area contributed by atoms with Gasteiger partial charge >= 0.3 is 12.1 Å². The molecule has 0 bridgehead atoms. The van der Waals surface area contributed by atoms with Crippen LogP contribution in [0.1, 0.15) is 63.1 Å². The third-order valence-electron chi connectivity index (χ3n) is 6.95. The molecule has 13 heteroatoms. The number of alkyl halides is 3. The third-order valence-corrected chi connectivity index (χ3v) is 8.75. The molecule has 1 aliphatic rings. The van der Waals surface area contributed by atoms with Crippen molar-refractivity contribution in [2.75, 3.05) is 6.61 Å². The van der Waals surface area contributed by atoms with E-state index in [2.05, 4.69) is 14.9 Å². The molecule has 1 amide bonds. The maximum Gasteiger partial charge on any atom is 0.416 e. The van der Waals surface area contributed by atoms with Crippen molar-refractivity contribution in [2.45, 2.75) is 75.1 Å². The second kappa shape index (κ2) is 14.5. The van der Waals surface area contributed by atoms with Crippen LogP contribution in [0, 0.1) is 11.8 Å². The summed E-state index contributed by atoms with van der Waals surface area (Å²) in [5, 5.41) is 2.96. The van der Waals surface area contributed by atoms with E-state index in [9.17, 15) is 31.2 Å². The Morgan fingerprint density at radius 3 is 2.15 bits per heavy atom. The molecule has 41 heavy (non-hydrogen) atoms. The molecule has 0 saturated heterocycles. The molecule has 0 heterocycles. The Bertz CT molecular complexity index is 1250. The molecule has 2 aromatic rings. The van der Waals surface area contributed by atoms with Crippen molar-refractivity contribution in [3.8, 4) is 0 Å². The quantitative estimate of drug-likeness (QED) is 0.226. The first-order valence-electron chi connectivity index (χ1n) is 13.4. The number of carbonyl (C=O) groups is 2.